The minimum Gasteiger partial charge on any atom is -0.496 e. The second-order valence-corrected chi connectivity index (χ2v) is 6.60. The van der Waals surface area contributed by atoms with E-state index in [2.05, 4.69) is 20.3 Å². The lowest BCUT2D eigenvalue weighted by molar-refractivity contribution is 0.411. The van der Waals surface area contributed by atoms with Gasteiger partial charge < -0.3 is 13.7 Å². The van der Waals surface area contributed by atoms with Crippen molar-refractivity contribution in [2.75, 3.05) is 7.11 Å². The van der Waals surface area contributed by atoms with Crippen LogP contribution in [0.4, 0.5) is 0 Å². The zero-order chi connectivity index (χ0) is 17.1. The van der Waals surface area contributed by atoms with Gasteiger partial charge in [-0.3, -0.25) is 0 Å². The molecule has 25 heavy (non-hydrogen) atoms. The highest BCUT2D eigenvalue weighted by molar-refractivity contribution is 7.98. The molecule has 0 spiro atoms. The number of methoxy groups -OCH3 is 1. The molecule has 126 valence electrons. The molecule has 4 aromatic rings. The van der Waals surface area contributed by atoms with E-state index in [9.17, 15) is 0 Å². The van der Waals surface area contributed by atoms with Crippen LogP contribution in [0, 0.1) is 0 Å². The SMILES string of the molecule is COc1ccccc1-c1nnc(SCc2noc(-c3ccsc3)n2)o1. The summed E-state index contributed by atoms with van der Waals surface area (Å²) in [6.07, 6.45) is 0. The minimum atomic E-state index is 0.409. The number of para-hydroxylation sites is 1. The van der Waals surface area contributed by atoms with Crippen LogP contribution in [0.25, 0.3) is 22.9 Å². The fourth-order valence-corrected chi connectivity index (χ4v) is 3.38. The van der Waals surface area contributed by atoms with Crippen LogP contribution in [0.15, 0.2) is 55.3 Å². The fourth-order valence-electron chi connectivity index (χ4n) is 2.14. The molecule has 0 amide bonds. The Labute approximate surface area is 151 Å². The third kappa shape index (κ3) is 3.42. The quantitative estimate of drug-likeness (QED) is 0.467. The topological polar surface area (TPSA) is 87.1 Å². The fraction of sp³-hybridized carbons (Fsp3) is 0.125. The molecule has 0 unspecified atom stereocenters. The molecule has 7 nitrogen and oxygen atoms in total. The van der Waals surface area contributed by atoms with Gasteiger partial charge in [0.2, 0.25) is 0 Å². The van der Waals surface area contributed by atoms with Crippen molar-refractivity contribution in [3.63, 3.8) is 0 Å². The van der Waals surface area contributed by atoms with E-state index in [0.717, 1.165) is 11.1 Å². The van der Waals surface area contributed by atoms with Crippen LogP contribution in [0.2, 0.25) is 0 Å². The van der Waals surface area contributed by atoms with Gasteiger partial charge >= 0.3 is 0 Å². The van der Waals surface area contributed by atoms with Gasteiger partial charge in [-0.1, -0.05) is 29.1 Å². The maximum Gasteiger partial charge on any atom is 0.277 e. The molecule has 4 rings (SSSR count). The molecular formula is C16H12N4O3S2. The maximum atomic E-state index is 5.69. The first kappa shape index (κ1) is 15.9. The number of benzene rings is 1. The van der Waals surface area contributed by atoms with Crippen LogP contribution in [0.3, 0.4) is 0 Å². The Kier molecular flexibility index (Phi) is 4.49. The Morgan fingerprint density at radius 3 is 2.92 bits per heavy atom. The molecule has 0 atom stereocenters. The number of aromatic nitrogens is 4. The summed E-state index contributed by atoms with van der Waals surface area (Å²) in [5.74, 6) is 2.65. The number of hydrogen-bond acceptors (Lipinski definition) is 9. The van der Waals surface area contributed by atoms with Crippen LogP contribution in [-0.4, -0.2) is 27.4 Å². The summed E-state index contributed by atoms with van der Waals surface area (Å²) in [6, 6.07) is 9.42. The van der Waals surface area contributed by atoms with E-state index in [-0.39, 0.29) is 0 Å². The number of rotatable bonds is 6. The Morgan fingerprint density at radius 2 is 2.08 bits per heavy atom. The van der Waals surface area contributed by atoms with E-state index in [4.69, 9.17) is 13.7 Å². The van der Waals surface area contributed by atoms with Crippen molar-refractivity contribution < 1.29 is 13.7 Å². The molecule has 0 saturated carbocycles. The highest BCUT2D eigenvalue weighted by Crippen LogP contribution is 2.31. The second-order valence-electron chi connectivity index (χ2n) is 4.89. The molecule has 0 radical (unpaired) electrons. The van der Waals surface area contributed by atoms with Crippen molar-refractivity contribution in [3.05, 3.63) is 46.9 Å². The summed E-state index contributed by atoms with van der Waals surface area (Å²) < 4.78 is 16.3. The highest BCUT2D eigenvalue weighted by Gasteiger charge is 2.15. The first-order chi connectivity index (χ1) is 12.3. The summed E-state index contributed by atoms with van der Waals surface area (Å²) in [5, 5.41) is 16.4. The zero-order valence-electron chi connectivity index (χ0n) is 13.1. The molecule has 0 aliphatic heterocycles. The zero-order valence-corrected chi connectivity index (χ0v) is 14.7. The van der Waals surface area contributed by atoms with Gasteiger partial charge in [-0.15, -0.1) is 10.2 Å². The molecular weight excluding hydrogens is 360 g/mol. The lowest BCUT2D eigenvalue weighted by Crippen LogP contribution is -1.87. The van der Waals surface area contributed by atoms with E-state index in [1.165, 1.54) is 11.8 Å². The lowest BCUT2D eigenvalue weighted by Gasteiger charge is -2.03. The van der Waals surface area contributed by atoms with Gasteiger partial charge in [-0.25, -0.2) is 0 Å². The van der Waals surface area contributed by atoms with Crippen LogP contribution < -0.4 is 4.74 Å². The Balaban J connectivity index is 1.45. The maximum absolute atomic E-state index is 5.69. The van der Waals surface area contributed by atoms with Crippen molar-refractivity contribution in [2.45, 2.75) is 11.0 Å². The van der Waals surface area contributed by atoms with Crippen molar-refractivity contribution in [2.24, 2.45) is 0 Å². The number of nitrogens with zero attached hydrogens (tertiary/aromatic N) is 4. The van der Waals surface area contributed by atoms with Gasteiger partial charge in [-0.05, 0) is 23.6 Å². The summed E-state index contributed by atoms with van der Waals surface area (Å²) in [4.78, 5) is 4.36. The van der Waals surface area contributed by atoms with Crippen molar-refractivity contribution in [1.82, 2.24) is 20.3 Å². The smallest absolute Gasteiger partial charge is 0.277 e. The summed E-state index contributed by atoms with van der Waals surface area (Å²) in [7, 11) is 1.60. The van der Waals surface area contributed by atoms with Crippen LogP contribution in [0.5, 0.6) is 5.75 Å². The average Bonchev–Trinajstić information content (AvgIpc) is 3.40. The van der Waals surface area contributed by atoms with E-state index in [0.29, 0.717) is 34.3 Å². The average molecular weight is 372 g/mol. The molecule has 3 heterocycles. The van der Waals surface area contributed by atoms with E-state index in [1.54, 1.807) is 18.4 Å². The predicted molar refractivity (Wildman–Crippen MR) is 93.5 cm³/mol. The van der Waals surface area contributed by atoms with Crippen LogP contribution in [0.1, 0.15) is 5.82 Å². The standard InChI is InChI=1S/C16H12N4O3S2/c1-21-12-5-3-2-4-11(12)15-18-19-16(22-15)25-9-13-17-14(23-20-13)10-6-7-24-8-10/h2-8H,9H2,1H3. The third-order valence-corrected chi connectivity index (χ3v) is 4.80. The van der Waals surface area contributed by atoms with Crippen LogP contribution in [-0.2, 0) is 5.75 Å². The minimum absolute atomic E-state index is 0.409. The summed E-state index contributed by atoms with van der Waals surface area (Å²) in [5.41, 5.74) is 1.67. The first-order valence-corrected chi connectivity index (χ1v) is 9.21. The van der Waals surface area contributed by atoms with Gasteiger partial charge in [0.05, 0.1) is 24.0 Å². The molecule has 0 saturated heterocycles. The highest BCUT2D eigenvalue weighted by atomic mass is 32.2. The lowest BCUT2D eigenvalue weighted by atomic mass is 10.2. The van der Waals surface area contributed by atoms with Crippen molar-refractivity contribution in [1.29, 1.82) is 0 Å². The Bertz CT molecular complexity index is 965. The monoisotopic (exact) mass is 372 g/mol. The molecule has 0 bridgehead atoms. The Morgan fingerprint density at radius 1 is 1.16 bits per heavy atom. The van der Waals surface area contributed by atoms with E-state index < -0.39 is 0 Å². The third-order valence-electron chi connectivity index (χ3n) is 3.30. The van der Waals surface area contributed by atoms with Gasteiger partial charge in [0.25, 0.3) is 17.0 Å². The van der Waals surface area contributed by atoms with Crippen molar-refractivity contribution >= 4 is 23.1 Å². The van der Waals surface area contributed by atoms with Gasteiger partial charge in [0.1, 0.15) is 5.75 Å². The summed E-state index contributed by atoms with van der Waals surface area (Å²) in [6.45, 7) is 0. The molecule has 0 fully saturated rings. The molecule has 0 aliphatic carbocycles. The first-order valence-electron chi connectivity index (χ1n) is 7.28. The molecule has 9 heteroatoms. The number of thiophene rings is 1. The van der Waals surface area contributed by atoms with E-state index in [1.807, 2.05) is 41.1 Å². The molecule has 0 N–H and O–H groups in total. The predicted octanol–water partition coefficient (Wildman–Crippen LogP) is 4.15. The molecule has 0 aliphatic rings. The van der Waals surface area contributed by atoms with Gasteiger partial charge in [0, 0.05) is 5.38 Å². The number of thioether (sulfide) groups is 1. The Hall–Kier alpha value is -2.65. The number of ether oxygens (including phenoxy) is 1. The van der Waals surface area contributed by atoms with Crippen molar-refractivity contribution in [3.8, 4) is 28.7 Å². The van der Waals surface area contributed by atoms with Crippen LogP contribution >= 0.6 is 23.1 Å². The van der Waals surface area contributed by atoms with Gasteiger partial charge in [0.15, 0.2) is 5.82 Å². The summed E-state index contributed by atoms with van der Waals surface area (Å²) >= 11 is 2.93. The van der Waals surface area contributed by atoms with Gasteiger partial charge in [-0.2, -0.15) is 16.3 Å². The second kappa shape index (κ2) is 7.08. The van der Waals surface area contributed by atoms with E-state index >= 15 is 0 Å². The normalized spacial score (nSPS) is 10.9. The largest absolute Gasteiger partial charge is 0.496 e. The number of hydrogen-bond donors (Lipinski definition) is 0. The molecule has 3 aromatic heterocycles. The molecule has 1 aromatic carbocycles.